The maximum Gasteiger partial charge on any atom is 0.252 e. The predicted octanol–water partition coefficient (Wildman–Crippen LogP) is 4.61. The Hall–Kier alpha value is -0.720. The van der Waals surface area contributed by atoms with Crippen LogP contribution >= 0.6 is 46.0 Å². The largest absolute Gasteiger partial charge is 0.351 e. The average Bonchev–Trinajstić information content (AvgIpc) is 2.49. The molecule has 1 amide bonds. The predicted molar refractivity (Wildman–Crippen MR) is 99.1 cm³/mol. The zero-order valence-corrected chi connectivity index (χ0v) is 15.0. The molecule has 2 nitrogen and oxygen atoms in total. The van der Waals surface area contributed by atoms with Crippen molar-refractivity contribution in [3.8, 4) is 0 Å². The molecule has 0 aromatic heterocycles. The highest BCUT2D eigenvalue weighted by Gasteiger charge is 2.07. The Balaban J connectivity index is 1.72. The smallest absolute Gasteiger partial charge is 0.252 e. The summed E-state index contributed by atoms with van der Waals surface area (Å²) in [5.74, 6) is 1.71. The second-order valence-electron chi connectivity index (χ2n) is 4.38. The number of halogens is 2. The van der Waals surface area contributed by atoms with Crippen LogP contribution in [-0.4, -0.2) is 18.2 Å². The van der Waals surface area contributed by atoms with Crippen LogP contribution in [-0.2, 0) is 5.75 Å². The lowest BCUT2D eigenvalue weighted by Gasteiger charge is -2.07. The van der Waals surface area contributed by atoms with Gasteiger partial charge in [-0.15, -0.1) is 0 Å². The molecule has 2 rings (SSSR count). The third-order valence-electron chi connectivity index (χ3n) is 2.87. The van der Waals surface area contributed by atoms with E-state index in [4.69, 9.17) is 11.6 Å². The van der Waals surface area contributed by atoms with E-state index in [9.17, 15) is 4.79 Å². The van der Waals surface area contributed by atoms with E-state index in [1.165, 1.54) is 0 Å². The normalized spacial score (nSPS) is 10.4. The van der Waals surface area contributed by atoms with Gasteiger partial charge in [0, 0.05) is 26.6 Å². The molecule has 0 saturated carbocycles. The van der Waals surface area contributed by atoms with Gasteiger partial charge in [0.05, 0.1) is 5.56 Å². The first kappa shape index (κ1) is 16.6. The van der Waals surface area contributed by atoms with Crippen LogP contribution in [0.3, 0.4) is 0 Å². The Morgan fingerprint density at radius 1 is 1.14 bits per heavy atom. The first-order valence-electron chi connectivity index (χ1n) is 6.52. The Morgan fingerprint density at radius 2 is 1.86 bits per heavy atom. The van der Waals surface area contributed by atoms with Crippen molar-refractivity contribution in [2.75, 3.05) is 12.3 Å². The van der Waals surface area contributed by atoms with E-state index in [1.54, 1.807) is 11.8 Å². The van der Waals surface area contributed by atoms with Crippen LogP contribution in [0, 0.1) is 3.57 Å². The van der Waals surface area contributed by atoms with Gasteiger partial charge in [-0.1, -0.05) is 41.9 Å². The zero-order chi connectivity index (χ0) is 15.1. The van der Waals surface area contributed by atoms with Gasteiger partial charge in [0.2, 0.25) is 0 Å². The summed E-state index contributed by atoms with van der Waals surface area (Å²) in [6.07, 6.45) is 0. The number of rotatable bonds is 6. The first-order valence-corrected chi connectivity index (χ1v) is 9.13. The van der Waals surface area contributed by atoms with Gasteiger partial charge in [-0.3, -0.25) is 4.79 Å². The molecule has 0 heterocycles. The molecule has 2 aromatic rings. The highest BCUT2D eigenvalue weighted by molar-refractivity contribution is 14.1. The molecule has 0 aliphatic carbocycles. The summed E-state index contributed by atoms with van der Waals surface area (Å²) in [6.45, 7) is 0.652. The maximum atomic E-state index is 12.0. The summed E-state index contributed by atoms with van der Waals surface area (Å²) < 4.78 is 0.969. The van der Waals surface area contributed by atoms with Crippen LogP contribution in [0.5, 0.6) is 0 Å². The monoisotopic (exact) mass is 431 g/mol. The fraction of sp³-hybridized carbons (Fsp3) is 0.188. The SMILES string of the molecule is O=C(NCCSCc1ccccc1Cl)c1ccccc1I. The number of thioether (sulfide) groups is 1. The number of benzene rings is 2. The van der Waals surface area contributed by atoms with Gasteiger partial charge >= 0.3 is 0 Å². The van der Waals surface area contributed by atoms with Crippen molar-refractivity contribution in [3.63, 3.8) is 0 Å². The third kappa shape index (κ3) is 5.20. The Labute approximate surface area is 147 Å². The minimum absolute atomic E-state index is 0.0154. The Kier molecular flexibility index (Phi) is 6.86. The number of hydrogen-bond acceptors (Lipinski definition) is 2. The van der Waals surface area contributed by atoms with E-state index in [0.717, 1.165) is 31.2 Å². The number of carbonyl (C=O) groups excluding carboxylic acids is 1. The van der Waals surface area contributed by atoms with Gasteiger partial charge in [0.1, 0.15) is 0 Å². The van der Waals surface area contributed by atoms with Gasteiger partial charge in [-0.2, -0.15) is 11.8 Å². The lowest BCUT2D eigenvalue weighted by Crippen LogP contribution is -2.26. The van der Waals surface area contributed by atoms with Crippen molar-refractivity contribution in [1.82, 2.24) is 5.32 Å². The van der Waals surface area contributed by atoms with Crippen LogP contribution in [0.1, 0.15) is 15.9 Å². The molecule has 5 heteroatoms. The highest BCUT2D eigenvalue weighted by Crippen LogP contribution is 2.20. The second kappa shape index (κ2) is 8.66. The summed E-state index contributed by atoms with van der Waals surface area (Å²) >= 11 is 10.0. The van der Waals surface area contributed by atoms with E-state index < -0.39 is 0 Å². The molecule has 0 unspecified atom stereocenters. The van der Waals surface area contributed by atoms with Gasteiger partial charge in [-0.05, 0) is 46.4 Å². The number of hydrogen-bond donors (Lipinski definition) is 1. The zero-order valence-electron chi connectivity index (χ0n) is 11.3. The second-order valence-corrected chi connectivity index (χ2v) is 7.05. The summed E-state index contributed by atoms with van der Waals surface area (Å²) in [7, 11) is 0. The van der Waals surface area contributed by atoms with Crippen molar-refractivity contribution >= 4 is 51.9 Å². The summed E-state index contributed by atoms with van der Waals surface area (Å²) in [4.78, 5) is 12.0. The van der Waals surface area contributed by atoms with Crippen molar-refractivity contribution in [2.45, 2.75) is 5.75 Å². The molecule has 1 N–H and O–H groups in total. The summed E-state index contributed by atoms with van der Waals surface area (Å²) in [6, 6.07) is 15.4. The fourth-order valence-corrected chi connectivity index (χ4v) is 3.55. The molecule has 0 aliphatic heterocycles. The number of nitrogens with one attached hydrogen (secondary N) is 1. The van der Waals surface area contributed by atoms with Gasteiger partial charge < -0.3 is 5.32 Å². The molecule has 110 valence electrons. The molecular formula is C16H15ClINOS. The van der Waals surface area contributed by atoms with Gasteiger partial charge in [-0.25, -0.2) is 0 Å². The quantitative estimate of drug-likeness (QED) is 0.535. The van der Waals surface area contributed by atoms with Crippen molar-refractivity contribution in [3.05, 3.63) is 68.3 Å². The maximum absolute atomic E-state index is 12.0. The standard InChI is InChI=1S/C16H15ClINOS/c17-14-7-3-1-5-12(14)11-21-10-9-19-16(20)13-6-2-4-8-15(13)18/h1-8H,9-11H2,(H,19,20). The van der Waals surface area contributed by atoms with Crippen LogP contribution in [0.25, 0.3) is 0 Å². The molecule has 0 radical (unpaired) electrons. The van der Waals surface area contributed by atoms with Gasteiger partial charge in [0.15, 0.2) is 0 Å². The minimum Gasteiger partial charge on any atom is -0.351 e. The fourth-order valence-electron chi connectivity index (χ4n) is 1.77. The molecule has 2 aromatic carbocycles. The minimum atomic E-state index is -0.0154. The first-order chi connectivity index (χ1) is 10.2. The average molecular weight is 432 g/mol. The molecule has 0 saturated heterocycles. The van der Waals surface area contributed by atoms with Gasteiger partial charge in [0.25, 0.3) is 5.91 Å². The Bertz CT molecular complexity index is 621. The van der Waals surface area contributed by atoms with E-state index >= 15 is 0 Å². The molecule has 21 heavy (non-hydrogen) atoms. The molecule has 0 atom stereocenters. The molecule has 0 aliphatic rings. The molecule has 0 fully saturated rings. The topological polar surface area (TPSA) is 29.1 Å². The molecule has 0 bridgehead atoms. The number of carbonyl (C=O) groups is 1. The van der Waals surface area contributed by atoms with E-state index in [0.29, 0.717) is 6.54 Å². The van der Waals surface area contributed by atoms with Crippen LogP contribution in [0.15, 0.2) is 48.5 Å². The van der Waals surface area contributed by atoms with Crippen molar-refractivity contribution in [1.29, 1.82) is 0 Å². The van der Waals surface area contributed by atoms with E-state index in [-0.39, 0.29) is 5.91 Å². The summed E-state index contributed by atoms with van der Waals surface area (Å²) in [5, 5.41) is 3.74. The molecular weight excluding hydrogens is 417 g/mol. The van der Waals surface area contributed by atoms with E-state index in [2.05, 4.69) is 27.9 Å². The highest BCUT2D eigenvalue weighted by atomic mass is 127. The summed E-state index contributed by atoms with van der Waals surface area (Å²) in [5.41, 5.74) is 1.86. The van der Waals surface area contributed by atoms with Crippen LogP contribution in [0.4, 0.5) is 0 Å². The van der Waals surface area contributed by atoms with E-state index in [1.807, 2.05) is 48.5 Å². The third-order valence-corrected chi connectivity index (χ3v) is 5.18. The lowest BCUT2D eigenvalue weighted by atomic mass is 10.2. The van der Waals surface area contributed by atoms with Crippen LogP contribution in [0.2, 0.25) is 5.02 Å². The lowest BCUT2D eigenvalue weighted by molar-refractivity contribution is 0.0955. The molecule has 0 spiro atoms. The Morgan fingerprint density at radius 3 is 2.62 bits per heavy atom. The van der Waals surface area contributed by atoms with Crippen LogP contribution < -0.4 is 5.32 Å². The van der Waals surface area contributed by atoms with Crippen molar-refractivity contribution < 1.29 is 4.79 Å². The number of amides is 1. The van der Waals surface area contributed by atoms with Crippen molar-refractivity contribution in [2.24, 2.45) is 0 Å².